The summed E-state index contributed by atoms with van der Waals surface area (Å²) in [6.45, 7) is -0.559. The van der Waals surface area contributed by atoms with Crippen molar-refractivity contribution >= 4 is 40.5 Å². The monoisotopic (exact) mass is 458 g/mol. The van der Waals surface area contributed by atoms with Gasteiger partial charge in [-0.1, -0.05) is 42.5 Å². The Morgan fingerprint density at radius 1 is 1.38 bits per heavy atom. The van der Waals surface area contributed by atoms with Crippen LogP contribution in [-0.4, -0.2) is 90.0 Å². The van der Waals surface area contributed by atoms with Crippen molar-refractivity contribution in [3.8, 4) is 0 Å². The van der Waals surface area contributed by atoms with Gasteiger partial charge in [-0.2, -0.15) is 4.98 Å². The number of aliphatic hydroxyl groups excluding tert-OH is 3. The third kappa shape index (κ3) is 3.51. The summed E-state index contributed by atoms with van der Waals surface area (Å²) in [5, 5.41) is 31.4. The van der Waals surface area contributed by atoms with Crippen molar-refractivity contribution in [1.29, 1.82) is 0 Å². The average Bonchev–Trinajstić information content (AvgIpc) is 3.33. The number of rotatable bonds is 6. The molecular formula is C20H22N6O5S. The van der Waals surface area contributed by atoms with Gasteiger partial charge in [0.25, 0.3) is 5.56 Å². The standard InChI is InChI=1S/C20H22N6O5S/c1-25(2)9-22-19-23-17-13(18(30)24-19)21-10-26(17)20(15(29)14(28)12(8-27)31-20)16(32)11-6-4-3-5-7-11/h3-7,9-10,12,14-15,27-29H,8H2,1-2H3,(H,23,24,30)/t12-,14-,15-,20+/m1/s1. The summed E-state index contributed by atoms with van der Waals surface area (Å²) in [6, 6.07) is 8.79. The molecule has 0 bridgehead atoms. The van der Waals surface area contributed by atoms with Gasteiger partial charge in [0.05, 0.1) is 17.8 Å². The topological polar surface area (TPSA) is 149 Å². The zero-order valence-electron chi connectivity index (χ0n) is 17.3. The zero-order valence-corrected chi connectivity index (χ0v) is 18.1. The predicted molar refractivity (Wildman–Crippen MR) is 120 cm³/mol. The number of nitrogens with zero attached hydrogens (tertiary/aromatic N) is 5. The molecule has 11 nitrogen and oxygen atoms in total. The zero-order chi connectivity index (χ0) is 23.0. The van der Waals surface area contributed by atoms with Crippen LogP contribution in [0.25, 0.3) is 11.2 Å². The van der Waals surface area contributed by atoms with E-state index in [-0.39, 0.29) is 22.0 Å². The lowest BCUT2D eigenvalue weighted by atomic mass is 9.94. The van der Waals surface area contributed by atoms with Crippen molar-refractivity contribution in [3.63, 3.8) is 0 Å². The molecule has 0 unspecified atom stereocenters. The maximum atomic E-state index is 12.6. The molecule has 3 aromatic rings. The van der Waals surface area contributed by atoms with Gasteiger partial charge in [-0.3, -0.25) is 14.3 Å². The Morgan fingerprint density at radius 3 is 2.72 bits per heavy atom. The van der Waals surface area contributed by atoms with E-state index in [9.17, 15) is 20.1 Å². The second kappa shape index (κ2) is 8.48. The molecule has 4 rings (SSSR count). The molecule has 0 aliphatic carbocycles. The summed E-state index contributed by atoms with van der Waals surface area (Å²) in [7, 11) is 3.52. The molecule has 0 amide bonds. The van der Waals surface area contributed by atoms with Gasteiger partial charge in [0, 0.05) is 14.1 Å². The molecule has 0 spiro atoms. The van der Waals surface area contributed by atoms with E-state index in [1.165, 1.54) is 17.2 Å². The number of aliphatic imine (C=N–C) groups is 1. The minimum Gasteiger partial charge on any atom is -0.394 e. The quantitative estimate of drug-likeness (QED) is 0.166. The van der Waals surface area contributed by atoms with Crippen LogP contribution in [0.15, 0.2) is 46.4 Å². The largest absolute Gasteiger partial charge is 0.394 e. The first-order valence-electron chi connectivity index (χ1n) is 9.72. The number of hydrogen-bond acceptors (Lipinski definition) is 9. The van der Waals surface area contributed by atoms with Gasteiger partial charge in [0.2, 0.25) is 11.7 Å². The van der Waals surface area contributed by atoms with Crippen molar-refractivity contribution in [2.45, 2.75) is 24.0 Å². The van der Waals surface area contributed by atoms with E-state index in [1.54, 1.807) is 49.3 Å². The number of aromatic nitrogens is 4. The van der Waals surface area contributed by atoms with Crippen molar-refractivity contribution in [1.82, 2.24) is 24.4 Å². The lowest BCUT2D eigenvalue weighted by molar-refractivity contribution is -0.0929. The molecule has 0 saturated carbocycles. The van der Waals surface area contributed by atoms with Crippen molar-refractivity contribution < 1.29 is 20.1 Å². The van der Waals surface area contributed by atoms with Crippen LogP contribution in [0.2, 0.25) is 0 Å². The Kier molecular flexibility index (Phi) is 5.88. The van der Waals surface area contributed by atoms with E-state index in [0.717, 1.165) is 0 Å². The lowest BCUT2D eigenvalue weighted by Crippen LogP contribution is -2.51. The van der Waals surface area contributed by atoms with E-state index in [4.69, 9.17) is 17.0 Å². The summed E-state index contributed by atoms with van der Waals surface area (Å²) >= 11 is 5.71. The minimum absolute atomic E-state index is 0.00507. The van der Waals surface area contributed by atoms with E-state index in [2.05, 4.69) is 19.9 Å². The number of ether oxygens (including phenoxy) is 1. The first-order chi connectivity index (χ1) is 15.3. The van der Waals surface area contributed by atoms with E-state index in [1.807, 2.05) is 0 Å². The molecule has 32 heavy (non-hydrogen) atoms. The molecule has 12 heteroatoms. The number of H-pyrrole nitrogens is 1. The molecule has 168 valence electrons. The summed E-state index contributed by atoms with van der Waals surface area (Å²) in [6.07, 6.45) is -1.44. The number of nitrogens with one attached hydrogen (secondary N) is 1. The van der Waals surface area contributed by atoms with Gasteiger partial charge >= 0.3 is 0 Å². The summed E-state index contributed by atoms with van der Waals surface area (Å²) in [4.78, 5) is 29.5. The number of fused-ring (bicyclic) bond motifs is 1. The maximum absolute atomic E-state index is 12.6. The fraction of sp³-hybridized carbons (Fsp3) is 0.350. The molecule has 4 N–H and O–H groups in total. The molecule has 1 fully saturated rings. The number of benzene rings is 1. The first-order valence-corrected chi connectivity index (χ1v) is 10.1. The van der Waals surface area contributed by atoms with Crippen LogP contribution in [0, 0.1) is 0 Å². The van der Waals surface area contributed by atoms with Crippen LogP contribution in [0.1, 0.15) is 5.56 Å². The molecule has 2 aromatic heterocycles. The smallest absolute Gasteiger partial charge is 0.280 e. The molecule has 1 saturated heterocycles. The van der Waals surface area contributed by atoms with Crippen molar-refractivity contribution in [2.75, 3.05) is 20.7 Å². The third-order valence-corrected chi connectivity index (χ3v) is 5.67. The van der Waals surface area contributed by atoms with Gasteiger partial charge in [0.15, 0.2) is 11.2 Å². The second-order valence-corrected chi connectivity index (χ2v) is 7.96. The van der Waals surface area contributed by atoms with E-state index >= 15 is 0 Å². The van der Waals surface area contributed by atoms with Crippen LogP contribution in [-0.2, 0) is 10.5 Å². The molecule has 1 aliphatic heterocycles. The van der Waals surface area contributed by atoms with Crippen LogP contribution < -0.4 is 5.56 Å². The van der Waals surface area contributed by atoms with Gasteiger partial charge in [-0.05, 0) is 5.56 Å². The fourth-order valence-corrected chi connectivity index (χ4v) is 4.02. The van der Waals surface area contributed by atoms with Crippen LogP contribution in [0.5, 0.6) is 0 Å². The Labute approximate surface area is 187 Å². The summed E-state index contributed by atoms with van der Waals surface area (Å²) < 4.78 is 7.31. The second-order valence-electron chi connectivity index (χ2n) is 7.55. The SMILES string of the molecule is CN(C)C=Nc1nc2c(ncn2[C@]2(C(=S)c3ccccc3)O[C@H](CO)[C@@H](O)[C@H]2O)c(=O)[nH]1. The Balaban J connectivity index is 1.97. The number of thiocarbonyl (C=S) groups is 1. The highest BCUT2D eigenvalue weighted by atomic mass is 32.1. The average molecular weight is 459 g/mol. The molecular weight excluding hydrogens is 436 g/mol. The lowest BCUT2D eigenvalue weighted by Gasteiger charge is -2.34. The normalized spacial score (nSPS) is 25.6. The highest BCUT2D eigenvalue weighted by molar-refractivity contribution is 7.81. The minimum atomic E-state index is -1.86. The van der Waals surface area contributed by atoms with Crippen molar-refractivity contribution in [3.05, 3.63) is 52.6 Å². The van der Waals surface area contributed by atoms with Gasteiger partial charge in [-0.25, -0.2) is 9.98 Å². The highest BCUT2D eigenvalue weighted by Crippen LogP contribution is 2.40. The first kappa shape index (κ1) is 22.2. The molecule has 1 aromatic carbocycles. The summed E-state index contributed by atoms with van der Waals surface area (Å²) in [5.41, 5.74) is -1.84. The van der Waals surface area contributed by atoms with Crippen molar-refractivity contribution in [2.24, 2.45) is 4.99 Å². The van der Waals surface area contributed by atoms with Gasteiger partial charge < -0.3 is 25.0 Å². The highest BCUT2D eigenvalue weighted by Gasteiger charge is 2.58. The number of imidazole rings is 1. The Morgan fingerprint density at radius 2 is 2.09 bits per heavy atom. The number of aromatic amines is 1. The molecule has 0 radical (unpaired) electrons. The molecule has 4 atom stereocenters. The molecule has 1 aliphatic rings. The van der Waals surface area contributed by atoms with E-state index < -0.39 is 36.2 Å². The van der Waals surface area contributed by atoms with Crippen LogP contribution >= 0.6 is 12.2 Å². The number of aliphatic hydroxyl groups is 3. The Hall–Kier alpha value is -3.03. The van der Waals surface area contributed by atoms with E-state index in [0.29, 0.717) is 5.56 Å². The Bertz CT molecular complexity index is 1230. The molecule has 3 heterocycles. The van der Waals surface area contributed by atoms with Gasteiger partial charge in [0.1, 0.15) is 24.6 Å². The number of hydrogen-bond donors (Lipinski definition) is 4. The van der Waals surface area contributed by atoms with Crippen LogP contribution in [0.4, 0.5) is 5.95 Å². The fourth-order valence-electron chi connectivity index (χ4n) is 3.62. The van der Waals surface area contributed by atoms with Crippen LogP contribution in [0.3, 0.4) is 0 Å². The third-order valence-electron chi connectivity index (χ3n) is 5.14. The summed E-state index contributed by atoms with van der Waals surface area (Å²) in [5.74, 6) is 0.00507. The maximum Gasteiger partial charge on any atom is 0.280 e. The van der Waals surface area contributed by atoms with Gasteiger partial charge in [-0.15, -0.1) is 0 Å². The predicted octanol–water partition coefficient (Wildman–Crippen LogP) is -0.475.